The van der Waals surface area contributed by atoms with Crippen LogP contribution in [-0.2, 0) is 9.53 Å². The number of para-hydroxylation sites is 1. The fourth-order valence-electron chi connectivity index (χ4n) is 4.57. The van der Waals surface area contributed by atoms with Gasteiger partial charge in [-0.2, -0.15) is 4.57 Å². The van der Waals surface area contributed by atoms with Gasteiger partial charge in [-0.15, -0.1) is 0 Å². The van der Waals surface area contributed by atoms with E-state index in [2.05, 4.69) is 17.9 Å². The number of rotatable bonds is 4. The first-order chi connectivity index (χ1) is 15.0. The number of imidazole rings is 1. The normalized spacial score (nSPS) is 21.4. The molecule has 3 amide bonds. The average Bonchev–Trinajstić information content (AvgIpc) is 3.28. The van der Waals surface area contributed by atoms with Gasteiger partial charge in [0, 0.05) is 33.2 Å². The lowest BCUT2D eigenvalue weighted by molar-refractivity contribution is -0.676. The summed E-state index contributed by atoms with van der Waals surface area (Å²) in [6.45, 7) is 8.08. The van der Waals surface area contributed by atoms with Gasteiger partial charge in [-0.25, -0.2) is 9.36 Å². The summed E-state index contributed by atoms with van der Waals surface area (Å²) in [4.78, 5) is 36.3. The number of hydrogen-bond acceptors (Lipinski definition) is 5. The van der Waals surface area contributed by atoms with E-state index < -0.39 is 6.04 Å². The van der Waals surface area contributed by atoms with Crippen molar-refractivity contribution >= 4 is 23.7 Å². The van der Waals surface area contributed by atoms with E-state index in [0.717, 1.165) is 30.0 Å². The van der Waals surface area contributed by atoms with Crippen LogP contribution in [0.2, 0.25) is 0 Å². The number of morpholine rings is 1. The van der Waals surface area contributed by atoms with E-state index >= 15 is 0 Å². The highest BCUT2D eigenvalue weighted by atomic mass is 16.5. The van der Waals surface area contributed by atoms with Crippen molar-refractivity contribution in [2.45, 2.75) is 19.9 Å². The molecule has 9 nitrogen and oxygen atoms in total. The number of hydrogen-bond donors (Lipinski definition) is 0. The monoisotopic (exact) mass is 423 g/mol. The van der Waals surface area contributed by atoms with Gasteiger partial charge in [-0.3, -0.25) is 19.5 Å². The second-order valence-corrected chi connectivity index (χ2v) is 8.26. The number of benzene rings is 1. The molecule has 5 rings (SSSR count). The van der Waals surface area contributed by atoms with Gasteiger partial charge < -0.3 is 4.74 Å². The third-order valence-electron chi connectivity index (χ3n) is 6.31. The average molecular weight is 423 g/mol. The lowest BCUT2D eigenvalue weighted by atomic mass is 10.1. The molecule has 31 heavy (non-hydrogen) atoms. The summed E-state index contributed by atoms with van der Waals surface area (Å²) in [5, 5.41) is 0. The number of nitrogens with zero attached hydrogens (tertiary/aromatic N) is 6. The maximum Gasteiger partial charge on any atom is 0.406 e. The number of likely N-dealkylation sites (N-methyl/N-ethyl adjacent to an activating group) is 1. The Morgan fingerprint density at radius 3 is 2.61 bits per heavy atom. The molecular formula is C22H27N6O3+. The van der Waals surface area contributed by atoms with Gasteiger partial charge in [0.1, 0.15) is 17.6 Å². The molecule has 2 fully saturated rings. The van der Waals surface area contributed by atoms with Gasteiger partial charge >= 0.3 is 12.0 Å². The van der Waals surface area contributed by atoms with E-state index in [1.165, 1.54) is 9.80 Å². The summed E-state index contributed by atoms with van der Waals surface area (Å²) in [6, 6.07) is 7.14. The number of aliphatic imine (C=N–C) groups is 1. The summed E-state index contributed by atoms with van der Waals surface area (Å²) >= 11 is 0. The highest BCUT2D eigenvalue weighted by molar-refractivity contribution is 6.19. The fraction of sp³-hybridized carbons (Fsp3) is 0.455. The van der Waals surface area contributed by atoms with Crippen molar-refractivity contribution in [3.05, 3.63) is 41.7 Å². The summed E-state index contributed by atoms with van der Waals surface area (Å²) in [6.07, 6.45) is 1.95. The smallest absolute Gasteiger partial charge is 0.379 e. The van der Waals surface area contributed by atoms with E-state index in [1.807, 2.05) is 40.5 Å². The molecule has 0 aliphatic carbocycles. The zero-order valence-electron chi connectivity index (χ0n) is 18.1. The Hall–Kier alpha value is -3.04. The minimum atomic E-state index is -0.619. The molecule has 1 aromatic heterocycles. The quantitative estimate of drug-likeness (QED) is 0.693. The molecule has 0 spiro atoms. The Balaban J connectivity index is 1.48. The Bertz CT molecular complexity index is 1080. The SMILES string of the molecule is Cc1ccccc1-n1c(C)c[n+]2c1N=C1C2C(=O)N(CCN2CCOCC2)C(=O)N1C. The summed E-state index contributed by atoms with van der Waals surface area (Å²) in [7, 11) is 1.69. The van der Waals surface area contributed by atoms with Crippen LogP contribution >= 0.6 is 0 Å². The van der Waals surface area contributed by atoms with Gasteiger partial charge in [-0.05, 0) is 25.5 Å². The molecule has 0 bridgehead atoms. The molecule has 3 aliphatic heterocycles. The van der Waals surface area contributed by atoms with Gasteiger partial charge in [-0.1, -0.05) is 23.2 Å². The van der Waals surface area contributed by atoms with Gasteiger partial charge in [0.25, 0.3) is 5.91 Å². The highest BCUT2D eigenvalue weighted by Gasteiger charge is 2.53. The first-order valence-corrected chi connectivity index (χ1v) is 10.6. The van der Waals surface area contributed by atoms with Crippen LogP contribution in [0.5, 0.6) is 0 Å². The van der Waals surface area contributed by atoms with Crippen LogP contribution in [0.4, 0.5) is 10.7 Å². The minimum Gasteiger partial charge on any atom is -0.379 e. The Kier molecular flexibility index (Phi) is 4.86. The van der Waals surface area contributed by atoms with E-state index in [0.29, 0.717) is 38.1 Å². The Morgan fingerprint density at radius 1 is 1.13 bits per heavy atom. The lowest BCUT2D eigenvalue weighted by Crippen LogP contribution is -2.63. The van der Waals surface area contributed by atoms with Crippen molar-refractivity contribution in [3.63, 3.8) is 0 Å². The maximum absolute atomic E-state index is 13.4. The van der Waals surface area contributed by atoms with E-state index in [1.54, 1.807) is 7.05 Å². The molecule has 2 aromatic rings. The zero-order valence-corrected chi connectivity index (χ0v) is 18.1. The van der Waals surface area contributed by atoms with Crippen molar-refractivity contribution in [2.75, 3.05) is 46.4 Å². The molecule has 4 heterocycles. The molecule has 1 unspecified atom stereocenters. The predicted octanol–water partition coefficient (Wildman–Crippen LogP) is 1.19. The summed E-state index contributed by atoms with van der Waals surface area (Å²) < 4.78 is 9.33. The predicted molar refractivity (Wildman–Crippen MR) is 114 cm³/mol. The zero-order chi connectivity index (χ0) is 21.7. The van der Waals surface area contributed by atoms with Crippen molar-refractivity contribution in [3.8, 4) is 5.69 Å². The molecule has 1 atom stereocenters. The van der Waals surface area contributed by atoms with Crippen molar-refractivity contribution in [1.82, 2.24) is 19.3 Å². The number of amides is 3. The first-order valence-electron chi connectivity index (χ1n) is 10.6. The molecular weight excluding hydrogens is 396 g/mol. The number of fused-ring (bicyclic) bond motifs is 3. The number of urea groups is 1. The number of ether oxygens (including phenoxy) is 1. The molecule has 9 heteroatoms. The molecule has 1 aromatic carbocycles. The number of carbonyl (C=O) groups excluding carboxylic acids is 2. The Labute approximate surface area is 181 Å². The van der Waals surface area contributed by atoms with Crippen molar-refractivity contribution in [1.29, 1.82) is 0 Å². The third kappa shape index (κ3) is 3.16. The molecule has 162 valence electrons. The number of carbonyl (C=O) groups is 2. The largest absolute Gasteiger partial charge is 0.406 e. The van der Waals surface area contributed by atoms with E-state index in [4.69, 9.17) is 9.73 Å². The number of imide groups is 1. The topological polar surface area (TPSA) is 74.3 Å². The second-order valence-electron chi connectivity index (χ2n) is 8.26. The third-order valence-corrected chi connectivity index (χ3v) is 6.31. The van der Waals surface area contributed by atoms with E-state index in [9.17, 15) is 9.59 Å². The van der Waals surface area contributed by atoms with Crippen LogP contribution in [0.1, 0.15) is 17.3 Å². The lowest BCUT2D eigenvalue weighted by Gasteiger charge is -2.35. The van der Waals surface area contributed by atoms with Crippen LogP contribution in [0.3, 0.4) is 0 Å². The second kappa shape index (κ2) is 7.58. The highest BCUT2D eigenvalue weighted by Crippen LogP contribution is 2.31. The number of amidine groups is 1. The summed E-state index contributed by atoms with van der Waals surface area (Å²) in [5.74, 6) is 0.922. The van der Waals surface area contributed by atoms with Gasteiger partial charge in [0.15, 0.2) is 0 Å². The minimum absolute atomic E-state index is 0.221. The molecule has 0 radical (unpaired) electrons. The van der Waals surface area contributed by atoms with Crippen LogP contribution in [0, 0.1) is 13.8 Å². The van der Waals surface area contributed by atoms with Gasteiger partial charge in [0.2, 0.25) is 11.9 Å². The molecule has 2 saturated heterocycles. The fourth-order valence-corrected chi connectivity index (χ4v) is 4.57. The number of aryl methyl sites for hydroxylation is 2. The maximum atomic E-state index is 13.4. The van der Waals surface area contributed by atoms with Gasteiger partial charge in [0.05, 0.1) is 13.2 Å². The van der Waals surface area contributed by atoms with Crippen LogP contribution in [0.25, 0.3) is 5.69 Å². The molecule has 3 aliphatic rings. The van der Waals surface area contributed by atoms with Crippen LogP contribution in [-0.4, -0.2) is 83.5 Å². The van der Waals surface area contributed by atoms with Crippen LogP contribution in [0.15, 0.2) is 35.5 Å². The van der Waals surface area contributed by atoms with Crippen molar-refractivity contribution < 1.29 is 18.9 Å². The first kappa shape index (κ1) is 19.9. The standard InChI is InChI=1S/C22H27N6O3/c1-15-6-4-5-7-17(15)28-16(2)14-27-18-19(23-21(27)28)24(3)22(30)26(20(18)29)9-8-25-10-12-31-13-11-25/h4-7,14,18H,8-13H2,1-3H3/q+1. The molecule has 0 N–H and O–H groups in total. The van der Waals surface area contributed by atoms with Crippen molar-refractivity contribution in [2.24, 2.45) is 4.99 Å². The molecule has 0 saturated carbocycles. The number of aromatic nitrogens is 2. The Morgan fingerprint density at radius 2 is 1.87 bits per heavy atom. The van der Waals surface area contributed by atoms with Crippen LogP contribution < -0.4 is 4.57 Å². The summed E-state index contributed by atoms with van der Waals surface area (Å²) in [5.41, 5.74) is 3.12. The van der Waals surface area contributed by atoms with E-state index in [-0.39, 0.29) is 11.9 Å².